The molecule has 1 fully saturated rings. The number of amides is 1. The number of nitrogens with one attached hydrogen (secondary N) is 1. The first-order valence-corrected chi connectivity index (χ1v) is 11.2. The summed E-state index contributed by atoms with van der Waals surface area (Å²) < 4.78 is 5.89. The molecule has 1 aliphatic carbocycles. The number of carbonyl (C=O) groups excluding carboxylic acids is 1. The number of benzene rings is 2. The molecule has 5 nitrogen and oxygen atoms in total. The first-order valence-electron chi connectivity index (χ1n) is 10.4. The number of aromatic nitrogens is 1. The van der Waals surface area contributed by atoms with Crippen LogP contribution < -0.4 is 10.1 Å². The van der Waals surface area contributed by atoms with Crippen molar-refractivity contribution in [3.8, 4) is 11.9 Å². The maximum absolute atomic E-state index is 12.8. The van der Waals surface area contributed by atoms with Gasteiger partial charge in [0, 0.05) is 28.6 Å². The van der Waals surface area contributed by atoms with Crippen LogP contribution in [0.1, 0.15) is 47.2 Å². The summed E-state index contributed by atoms with van der Waals surface area (Å²) in [5, 5.41) is 12.3. The minimum absolute atomic E-state index is 0.163. The Hall–Kier alpha value is -3.30. The molecule has 1 N–H and O–H groups in total. The predicted molar refractivity (Wildman–Crippen MR) is 120 cm³/mol. The van der Waals surface area contributed by atoms with Crippen LogP contribution in [0.5, 0.6) is 5.88 Å². The zero-order valence-corrected chi connectivity index (χ0v) is 17.9. The highest BCUT2D eigenvalue weighted by molar-refractivity contribution is 7.99. The van der Waals surface area contributed by atoms with Gasteiger partial charge in [0.15, 0.2) is 0 Å². The smallest absolute Gasteiger partial charge is 0.252 e. The van der Waals surface area contributed by atoms with Gasteiger partial charge < -0.3 is 10.1 Å². The van der Waals surface area contributed by atoms with Crippen molar-refractivity contribution in [1.82, 2.24) is 10.3 Å². The minimum atomic E-state index is -0.163. The Balaban J connectivity index is 1.39. The van der Waals surface area contributed by atoms with Gasteiger partial charge in [-0.2, -0.15) is 5.26 Å². The highest BCUT2D eigenvalue weighted by atomic mass is 32.2. The molecule has 1 amide bonds. The Kier molecular flexibility index (Phi) is 6.85. The van der Waals surface area contributed by atoms with Gasteiger partial charge in [0.1, 0.15) is 12.2 Å². The maximum atomic E-state index is 12.8. The molecule has 4 rings (SSSR count). The van der Waals surface area contributed by atoms with Gasteiger partial charge >= 0.3 is 0 Å². The topological polar surface area (TPSA) is 75.0 Å². The Morgan fingerprint density at radius 2 is 1.81 bits per heavy atom. The molecule has 0 bridgehead atoms. The zero-order valence-electron chi connectivity index (χ0n) is 17.1. The molecule has 0 radical (unpaired) electrons. The van der Waals surface area contributed by atoms with Gasteiger partial charge in [-0.25, -0.2) is 4.98 Å². The van der Waals surface area contributed by atoms with Crippen molar-refractivity contribution < 1.29 is 9.53 Å². The predicted octanol–water partition coefficient (Wildman–Crippen LogP) is 5.36. The summed E-state index contributed by atoms with van der Waals surface area (Å²) in [7, 11) is 0. The molecule has 3 aromatic rings. The van der Waals surface area contributed by atoms with Crippen LogP contribution in [0.4, 0.5) is 0 Å². The molecule has 0 atom stereocenters. The fourth-order valence-corrected chi connectivity index (χ4v) is 4.57. The standard InChI is InChI=1S/C25H23N3O2S/c26-15-19-7-1-5-11-22(19)31-23-12-6-4-10-21(23)25(29)28-17-18-13-14-24(27-16-18)30-20-8-2-3-9-20/h1,4-7,10-14,16,20H,2-3,8-9,17H2,(H,28,29). The fourth-order valence-electron chi connectivity index (χ4n) is 3.55. The molecule has 0 spiro atoms. The summed E-state index contributed by atoms with van der Waals surface area (Å²) in [5.74, 6) is 0.476. The van der Waals surface area contributed by atoms with Crippen molar-refractivity contribution in [2.45, 2.75) is 48.1 Å². The quantitative estimate of drug-likeness (QED) is 0.547. The number of ether oxygens (including phenoxy) is 1. The molecular formula is C25H23N3O2S. The Labute approximate surface area is 186 Å². The van der Waals surface area contributed by atoms with E-state index in [4.69, 9.17) is 4.74 Å². The van der Waals surface area contributed by atoms with Crippen LogP contribution in [0, 0.1) is 11.3 Å². The van der Waals surface area contributed by atoms with E-state index in [1.807, 2.05) is 48.5 Å². The molecule has 1 aromatic heterocycles. The highest BCUT2D eigenvalue weighted by Gasteiger charge is 2.17. The summed E-state index contributed by atoms with van der Waals surface area (Å²) in [5.41, 5.74) is 2.08. The summed E-state index contributed by atoms with van der Waals surface area (Å²) in [4.78, 5) is 18.9. The van der Waals surface area contributed by atoms with Gasteiger partial charge in [-0.1, -0.05) is 42.1 Å². The van der Waals surface area contributed by atoms with E-state index >= 15 is 0 Å². The van der Waals surface area contributed by atoms with Crippen LogP contribution >= 0.6 is 11.8 Å². The normalized spacial score (nSPS) is 13.5. The monoisotopic (exact) mass is 429 g/mol. The van der Waals surface area contributed by atoms with Gasteiger partial charge in [-0.3, -0.25) is 4.79 Å². The maximum Gasteiger partial charge on any atom is 0.252 e. The molecule has 2 aromatic carbocycles. The number of rotatable bonds is 7. The lowest BCUT2D eigenvalue weighted by atomic mass is 10.2. The lowest BCUT2D eigenvalue weighted by Crippen LogP contribution is -2.23. The van der Waals surface area contributed by atoms with Crippen molar-refractivity contribution in [3.63, 3.8) is 0 Å². The number of nitrogens with zero attached hydrogens (tertiary/aromatic N) is 2. The van der Waals surface area contributed by atoms with Gasteiger partial charge in [-0.05, 0) is 55.5 Å². The summed E-state index contributed by atoms with van der Waals surface area (Å²) in [6.07, 6.45) is 6.64. The molecule has 1 heterocycles. The van der Waals surface area contributed by atoms with Crippen LogP contribution in [-0.2, 0) is 6.54 Å². The average Bonchev–Trinajstić information content (AvgIpc) is 3.32. The summed E-state index contributed by atoms with van der Waals surface area (Å²) >= 11 is 1.42. The van der Waals surface area contributed by atoms with Crippen molar-refractivity contribution >= 4 is 17.7 Å². The first-order chi connectivity index (χ1) is 15.2. The van der Waals surface area contributed by atoms with Crippen LogP contribution in [0.15, 0.2) is 76.7 Å². The molecule has 0 unspecified atom stereocenters. The third kappa shape index (κ3) is 5.44. The van der Waals surface area contributed by atoms with E-state index in [1.165, 1.54) is 24.6 Å². The van der Waals surface area contributed by atoms with E-state index in [-0.39, 0.29) is 12.0 Å². The molecule has 0 aliphatic heterocycles. The van der Waals surface area contributed by atoms with Gasteiger partial charge in [0.2, 0.25) is 5.88 Å². The number of carbonyl (C=O) groups is 1. The molecule has 6 heteroatoms. The van der Waals surface area contributed by atoms with Gasteiger partial charge in [0.05, 0.1) is 11.1 Å². The number of nitriles is 1. The van der Waals surface area contributed by atoms with Crippen molar-refractivity contribution in [3.05, 3.63) is 83.6 Å². The van der Waals surface area contributed by atoms with E-state index in [2.05, 4.69) is 16.4 Å². The van der Waals surface area contributed by atoms with E-state index in [9.17, 15) is 10.1 Å². The van der Waals surface area contributed by atoms with E-state index in [0.29, 0.717) is 23.6 Å². The second-order valence-electron chi connectivity index (χ2n) is 7.42. The fraction of sp³-hybridized carbons (Fsp3) is 0.240. The van der Waals surface area contributed by atoms with E-state index in [1.54, 1.807) is 18.3 Å². The third-order valence-corrected chi connectivity index (χ3v) is 6.35. The van der Waals surface area contributed by atoms with Gasteiger partial charge in [0.25, 0.3) is 5.91 Å². The Bertz CT molecular complexity index is 1090. The number of hydrogen-bond donors (Lipinski definition) is 1. The molecule has 31 heavy (non-hydrogen) atoms. The molecule has 1 aliphatic rings. The number of hydrogen-bond acceptors (Lipinski definition) is 5. The van der Waals surface area contributed by atoms with Crippen molar-refractivity contribution in [2.75, 3.05) is 0 Å². The minimum Gasteiger partial charge on any atom is -0.474 e. The largest absolute Gasteiger partial charge is 0.474 e. The van der Waals surface area contributed by atoms with Crippen LogP contribution in [0.25, 0.3) is 0 Å². The van der Waals surface area contributed by atoms with E-state index < -0.39 is 0 Å². The van der Waals surface area contributed by atoms with Crippen LogP contribution in [0.2, 0.25) is 0 Å². The number of pyridine rings is 1. The second kappa shape index (κ2) is 10.1. The average molecular weight is 430 g/mol. The molecule has 156 valence electrons. The Morgan fingerprint density at radius 3 is 2.55 bits per heavy atom. The third-order valence-electron chi connectivity index (χ3n) is 5.20. The summed E-state index contributed by atoms with van der Waals surface area (Å²) in [6, 6.07) is 20.8. The van der Waals surface area contributed by atoms with Crippen molar-refractivity contribution in [1.29, 1.82) is 5.26 Å². The van der Waals surface area contributed by atoms with Crippen LogP contribution in [-0.4, -0.2) is 17.0 Å². The molecule has 1 saturated carbocycles. The highest BCUT2D eigenvalue weighted by Crippen LogP contribution is 2.32. The summed E-state index contributed by atoms with van der Waals surface area (Å²) in [6.45, 7) is 0.378. The lowest BCUT2D eigenvalue weighted by molar-refractivity contribution is 0.0948. The van der Waals surface area contributed by atoms with Gasteiger partial charge in [-0.15, -0.1) is 0 Å². The molecular weight excluding hydrogens is 406 g/mol. The van der Waals surface area contributed by atoms with E-state index in [0.717, 1.165) is 28.2 Å². The SMILES string of the molecule is N#Cc1ccccc1Sc1ccccc1C(=O)NCc1ccc(OC2CCCC2)nc1. The second-order valence-corrected chi connectivity index (χ2v) is 8.50. The van der Waals surface area contributed by atoms with Crippen LogP contribution in [0.3, 0.4) is 0 Å². The van der Waals surface area contributed by atoms with Crippen molar-refractivity contribution in [2.24, 2.45) is 0 Å². The molecule has 0 saturated heterocycles. The Morgan fingerprint density at radius 1 is 1.06 bits per heavy atom. The lowest BCUT2D eigenvalue weighted by Gasteiger charge is -2.13. The zero-order chi connectivity index (χ0) is 21.5. The first kappa shape index (κ1) is 21.0.